The number of carbonyl (C=O) groups excluding carboxylic acids is 1. The Balaban J connectivity index is 2.51. The smallest absolute Gasteiger partial charge is 0.307 e. The van der Waals surface area contributed by atoms with E-state index in [4.69, 9.17) is 10.5 Å². The second-order valence-electron chi connectivity index (χ2n) is 2.06. The minimum atomic E-state index is -0.176. The van der Waals surface area contributed by atoms with E-state index in [0.29, 0.717) is 6.42 Å². The monoisotopic (exact) mass is 115 g/mol. The van der Waals surface area contributed by atoms with Crippen molar-refractivity contribution in [1.29, 1.82) is 0 Å². The maximum absolute atomic E-state index is 10.4. The summed E-state index contributed by atoms with van der Waals surface area (Å²) in [6.45, 7) is 1.80. The molecule has 0 radical (unpaired) electrons. The largest absolute Gasteiger partial charge is 0.461 e. The van der Waals surface area contributed by atoms with Gasteiger partial charge in [-0.15, -0.1) is 0 Å². The van der Waals surface area contributed by atoms with Gasteiger partial charge in [-0.3, -0.25) is 4.79 Å². The molecular formula is C5H9NO2. The van der Waals surface area contributed by atoms with E-state index in [0.717, 1.165) is 0 Å². The molecule has 0 bridgehead atoms. The van der Waals surface area contributed by atoms with E-state index in [2.05, 4.69) is 0 Å². The van der Waals surface area contributed by atoms with E-state index in [1.54, 1.807) is 6.92 Å². The summed E-state index contributed by atoms with van der Waals surface area (Å²) in [6.07, 6.45) is 0.295. The van der Waals surface area contributed by atoms with Crippen LogP contribution in [0.5, 0.6) is 0 Å². The molecule has 0 aromatic heterocycles. The number of hydrogen-bond donors (Lipinski definition) is 1. The fourth-order valence-electron chi connectivity index (χ4n) is 0.701. The van der Waals surface area contributed by atoms with Crippen LogP contribution in [0.2, 0.25) is 0 Å². The van der Waals surface area contributed by atoms with Gasteiger partial charge in [-0.1, -0.05) is 0 Å². The molecular weight excluding hydrogens is 106 g/mol. The van der Waals surface area contributed by atoms with Gasteiger partial charge in [-0.05, 0) is 6.92 Å². The Hall–Kier alpha value is -0.570. The summed E-state index contributed by atoms with van der Waals surface area (Å²) in [4.78, 5) is 10.4. The van der Waals surface area contributed by atoms with E-state index in [9.17, 15) is 4.79 Å². The van der Waals surface area contributed by atoms with Crippen LogP contribution in [0.15, 0.2) is 0 Å². The highest BCUT2D eigenvalue weighted by Gasteiger charge is 2.27. The lowest BCUT2D eigenvalue weighted by atomic mass is 10.2. The lowest BCUT2D eigenvalue weighted by Gasteiger charge is -2.03. The highest BCUT2D eigenvalue weighted by Crippen LogP contribution is 2.10. The number of nitrogens with two attached hydrogens (primary N) is 1. The first-order chi connectivity index (χ1) is 3.70. The second-order valence-corrected chi connectivity index (χ2v) is 2.06. The van der Waals surface area contributed by atoms with Gasteiger partial charge in [-0.2, -0.15) is 0 Å². The Morgan fingerprint density at radius 3 is 2.62 bits per heavy atom. The number of hydrogen-bond acceptors (Lipinski definition) is 3. The van der Waals surface area contributed by atoms with Crippen LogP contribution in [0.3, 0.4) is 0 Å². The molecule has 0 aliphatic carbocycles. The molecule has 0 amide bonds. The Bertz CT molecular complexity index is 101. The lowest BCUT2D eigenvalue weighted by molar-refractivity contribution is -0.140. The summed E-state index contributed by atoms with van der Waals surface area (Å²) in [7, 11) is 0. The van der Waals surface area contributed by atoms with Crippen molar-refractivity contribution < 1.29 is 9.53 Å². The fraction of sp³-hybridized carbons (Fsp3) is 0.800. The van der Waals surface area contributed by atoms with Gasteiger partial charge in [-0.25, -0.2) is 0 Å². The molecule has 0 spiro atoms. The molecule has 0 saturated carbocycles. The highest BCUT2D eigenvalue weighted by molar-refractivity contribution is 5.72. The van der Waals surface area contributed by atoms with Crippen LogP contribution < -0.4 is 5.73 Å². The van der Waals surface area contributed by atoms with Crippen molar-refractivity contribution in [1.82, 2.24) is 0 Å². The van der Waals surface area contributed by atoms with Gasteiger partial charge >= 0.3 is 5.97 Å². The van der Waals surface area contributed by atoms with Crippen molar-refractivity contribution in [3.8, 4) is 0 Å². The third-order valence-corrected chi connectivity index (χ3v) is 1.32. The molecule has 2 N–H and O–H groups in total. The van der Waals surface area contributed by atoms with Crippen molar-refractivity contribution in [2.75, 3.05) is 0 Å². The van der Waals surface area contributed by atoms with E-state index in [1.165, 1.54) is 0 Å². The number of ether oxygens (including phenoxy) is 1. The first-order valence-corrected chi connectivity index (χ1v) is 2.65. The molecule has 1 aliphatic rings. The third kappa shape index (κ3) is 0.816. The van der Waals surface area contributed by atoms with Crippen molar-refractivity contribution in [2.45, 2.75) is 25.5 Å². The van der Waals surface area contributed by atoms with Crippen LogP contribution in [0.1, 0.15) is 13.3 Å². The standard InChI is InChI=1S/C5H9NO2/c1-3-4(6)2-5(7)8-3/h3-4H,2,6H2,1H3/t3-,4-/m0/s1. The Morgan fingerprint density at radius 1 is 1.88 bits per heavy atom. The van der Waals surface area contributed by atoms with E-state index < -0.39 is 0 Å². The molecule has 0 aromatic rings. The SMILES string of the molecule is C[C@@H]1OC(=O)C[C@@H]1N. The van der Waals surface area contributed by atoms with E-state index >= 15 is 0 Å². The summed E-state index contributed by atoms with van der Waals surface area (Å²) < 4.78 is 4.71. The third-order valence-electron chi connectivity index (χ3n) is 1.32. The summed E-state index contributed by atoms with van der Waals surface area (Å²) in [6, 6.07) is -0.0810. The van der Waals surface area contributed by atoms with E-state index in [1.807, 2.05) is 0 Å². The van der Waals surface area contributed by atoms with Crippen LogP contribution in [0, 0.1) is 0 Å². The normalized spacial score (nSPS) is 37.5. The topological polar surface area (TPSA) is 52.3 Å². The zero-order valence-electron chi connectivity index (χ0n) is 4.76. The molecule has 1 rings (SSSR count). The maximum Gasteiger partial charge on any atom is 0.307 e. The Labute approximate surface area is 47.8 Å². The minimum absolute atomic E-state index is 0.0810. The summed E-state index contributed by atoms with van der Waals surface area (Å²) in [5, 5.41) is 0. The molecule has 1 saturated heterocycles. The van der Waals surface area contributed by atoms with Crippen LogP contribution >= 0.6 is 0 Å². The minimum Gasteiger partial charge on any atom is -0.461 e. The molecule has 46 valence electrons. The van der Waals surface area contributed by atoms with Crippen molar-refractivity contribution in [3.63, 3.8) is 0 Å². The van der Waals surface area contributed by atoms with Gasteiger partial charge in [0, 0.05) is 0 Å². The molecule has 0 aromatic carbocycles. The predicted octanol–water partition coefficient (Wildman–Crippen LogP) is -0.351. The number of esters is 1. The van der Waals surface area contributed by atoms with Gasteiger partial charge in [0.05, 0.1) is 12.5 Å². The average molecular weight is 115 g/mol. The van der Waals surface area contributed by atoms with Crippen molar-refractivity contribution in [3.05, 3.63) is 0 Å². The van der Waals surface area contributed by atoms with Crippen molar-refractivity contribution in [2.24, 2.45) is 5.73 Å². The molecule has 3 heteroatoms. The Kier molecular flexibility index (Phi) is 1.21. The Morgan fingerprint density at radius 2 is 2.50 bits per heavy atom. The van der Waals surface area contributed by atoms with Crippen LogP contribution in [0.25, 0.3) is 0 Å². The zero-order chi connectivity index (χ0) is 6.15. The maximum atomic E-state index is 10.4. The zero-order valence-corrected chi connectivity index (χ0v) is 4.76. The van der Waals surface area contributed by atoms with E-state index in [-0.39, 0.29) is 18.1 Å². The van der Waals surface area contributed by atoms with Gasteiger partial charge in [0.2, 0.25) is 0 Å². The van der Waals surface area contributed by atoms with Crippen LogP contribution in [-0.4, -0.2) is 18.1 Å². The van der Waals surface area contributed by atoms with Gasteiger partial charge in [0.25, 0.3) is 0 Å². The molecule has 3 nitrogen and oxygen atoms in total. The van der Waals surface area contributed by atoms with Gasteiger partial charge < -0.3 is 10.5 Å². The first kappa shape index (κ1) is 5.56. The number of carbonyl (C=O) groups is 1. The quantitative estimate of drug-likeness (QED) is 0.439. The first-order valence-electron chi connectivity index (χ1n) is 2.65. The van der Waals surface area contributed by atoms with Gasteiger partial charge in [0.15, 0.2) is 0 Å². The van der Waals surface area contributed by atoms with Crippen LogP contribution in [-0.2, 0) is 9.53 Å². The summed E-state index contributed by atoms with van der Waals surface area (Å²) >= 11 is 0. The summed E-state index contributed by atoms with van der Waals surface area (Å²) in [5.41, 5.74) is 5.42. The highest BCUT2D eigenvalue weighted by atomic mass is 16.5. The molecule has 1 fully saturated rings. The molecule has 1 aliphatic heterocycles. The lowest BCUT2D eigenvalue weighted by Crippen LogP contribution is -2.26. The summed E-state index contributed by atoms with van der Waals surface area (Å²) in [5.74, 6) is -0.176. The predicted molar refractivity (Wildman–Crippen MR) is 28.1 cm³/mol. The molecule has 8 heavy (non-hydrogen) atoms. The fourth-order valence-corrected chi connectivity index (χ4v) is 0.701. The van der Waals surface area contributed by atoms with Crippen LogP contribution in [0.4, 0.5) is 0 Å². The molecule has 1 heterocycles. The molecule has 0 unspecified atom stereocenters. The molecule has 2 atom stereocenters. The van der Waals surface area contributed by atoms with Gasteiger partial charge in [0.1, 0.15) is 6.10 Å². The number of rotatable bonds is 0. The second kappa shape index (κ2) is 1.74. The average Bonchev–Trinajstić information content (AvgIpc) is 1.85. The number of cyclic esters (lactones) is 1. The van der Waals surface area contributed by atoms with Crippen molar-refractivity contribution >= 4 is 5.97 Å².